The number of aromatic nitrogens is 1. The first-order valence-corrected chi connectivity index (χ1v) is 4.93. The van der Waals surface area contributed by atoms with Gasteiger partial charge in [-0.3, -0.25) is 0 Å². The van der Waals surface area contributed by atoms with Crippen LogP contribution in [0.4, 0.5) is 0 Å². The largest absolute Gasteiger partial charge is 0.287 e. The van der Waals surface area contributed by atoms with Crippen LogP contribution >= 0.6 is 15.9 Å². The van der Waals surface area contributed by atoms with Crippen molar-refractivity contribution in [2.75, 3.05) is 5.84 Å². The molecule has 0 saturated carbocycles. The Kier molecular flexibility index (Phi) is 2.38. The van der Waals surface area contributed by atoms with Crippen molar-refractivity contribution >= 4 is 26.8 Å². The number of benzene rings is 1. The molecule has 14 heavy (non-hydrogen) atoms. The van der Waals surface area contributed by atoms with Crippen molar-refractivity contribution in [2.45, 2.75) is 0 Å². The topological polar surface area (TPSA) is 29.9 Å². The van der Waals surface area contributed by atoms with E-state index in [1.165, 1.54) is 0 Å². The van der Waals surface area contributed by atoms with Gasteiger partial charge in [0.25, 0.3) is 5.69 Å². The van der Waals surface area contributed by atoms with Gasteiger partial charge >= 0.3 is 0 Å². The quantitative estimate of drug-likeness (QED) is 0.428. The molecule has 68 valence electrons. The second kappa shape index (κ2) is 3.69. The fraction of sp³-hybridized carbons (Fsp3) is 0. The third kappa shape index (κ3) is 1.45. The van der Waals surface area contributed by atoms with E-state index in [2.05, 4.69) is 26.7 Å². The van der Waals surface area contributed by atoms with E-state index in [1.54, 1.807) is 4.68 Å². The number of nitrogens with two attached hydrogens (primary N) is 1. The maximum absolute atomic E-state index is 5.90. The van der Waals surface area contributed by atoms with E-state index in [1.807, 2.05) is 36.4 Å². The highest BCUT2D eigenvalue weighted by molar-refractivity contribution is 9.12. The maximum atomic E-state index is 5.90. The molecular weight excluding hydrogens is 240 g/mol. The molecule has 0 spiro atoms. The van der Waals surface area contributed by atoms with Crippen molar-refractivity contribution in [3.05, 3.63) is 42.1 Å². The number of nitrogen functional groups attached to an aromatic ring is 1. The molecular formula is C11H8BrN2+. The second-order valence-electron chi connectivity index (χ2n) is 2.87. The summed E-state index contributed by atoms with van der Waals surface area (Å²) in [6.45, 7) is 0. The molecule has 0 unspecified atom stereocenters. The Morgan fingerprint density at radius 3 is 2.71 bits per heavy atom. The minimum Gasteiger partial charge on any atom is -0.204 e. The number of nitrogens with zero attached hydrogens (tertiary/aromatic N) is 1. The van der Waals surface area contributed by atoms with Gasteiger partial charge in [0.05, 0.1) is 0 Å². The van der Waals surface area contributed by atoms with Gasteiger partial charge in [-0.2, -0.15) is 0 Å². The smallest absolute Gasteiger partial charge is 0.204 e. The van der Waals surface area contributed by atoms with Gasteiger partial charge in [0.1, 0.15) is 0 Å². The molecule has 0 radical (unpaired) electrons. The average Bonchev–Trinajstić information content (AvgIpc) is 2.23. The van der Waals surface area contributed by atoms with Crippen molar-refractivity contribution in [3.8, 4) is 10.8 Å². The van der Waals surface area contributed by atoms with E-state index in [0.717, 1.165) is 16.6 Å². The Bertz CT molecular complexity index is 538. The Morgan fingerprint density at radius 1 is 1.14 bits per heavy atom. The SMILES string of the molecule is N[n+]1c(C#CBr)ccc2ccccc21. The normalized spacial score (nSPS) is 9.50. The minimum absolute atomic E-state index is 0.778. The Hall–Kier alpha value is -1.53. The lowest BCUT2D eigenvalue weighted by atomic mass is 10.2. The first-order chi connectivity index (χ1) is 6.83. The summed E-state index contributed by atoms with van der Waals surface area (Å²) in [5, 5.41) is 1.11. The summed E-state index contributed by atoms with van der Waals surface area (Å²) in [4.78, 5) is 2.65. The van der Waals surface area contributed by atoms with Gasteiger partial charge < -0.3 is 0 Å². The van der Waals surface area contributed by atoms with Crippen LogP contribution in [-0.4, -0.2) is 0 Å². The highest BCUT2D eigenvalue weighted by atomic mass is 79.9. The fourth-order valence-corrected chi connectivity index (χ4v) is 1.58. The molecule has 3 heteroatoms. The van der Waals surface area contributed by atoms with Crippen LogP contribution in [0.15, 0.2) is 36.4 Å². The summed E-state index contributed by atoms with van der Waals surface area (Å²) in [6, 6.07) is 11.8. The number of hydrogen-bond donors (Lipinski definition) is 1. The molecule has 0 aliphatic rings. The van der Waals surface area contributed by atoms with E-state index < -0.39 is 0 Å². The van der Waals surface area contributed by atoms with Gasteiger partial charge in [0, 0.05) is 39.4 Å². The molecule has 0 aliphatic heterocycles. The lowest BCUT2D eigenvalue weighted by Crippen LogP contribution is -2.48. The van der Waals surface area contributed by atoms with Gasteiger partial charge in [-0.1, -0.05) is 16.8 Å². The summed E-state index contributed by atoms with van der Waals surface area (Å²) in [6.07, 6.45) is 0. The van der Waals surface area contributed by atoms with Gasteiger partial charge in [-0.15, -0.1) is 0 Å². The molecule has 2 aromatic rings. The van der Waals surface area contributed by atoms with Crippen LogP contribution in [0.5, 0.6) is 0 Å². The fourth-order valence-electron chi connectivity index (χ4n) is 1.38. The van der Waals surface area contributed by atoms with E-state index in [9.17, 15) is 0 Å². The summed E-state index contributed by atoms with van der Waals surface area (Å²) in [5.41, 5.74) is 1.75. The predicted molar refractivity (Wildman–Crippen MR) is 60.1 cm³/mol. The molecule has 1 aromatic carbocycles. The predicted octanol–water partition coefficient (Wildman–Crippen LogP) is 1.55. The van der Waals surface area contributed by atoms with Crippen molar-refractivity contribution in [2.24, 2.45) is 0 Å². The molecule has 0 saturated heterocycles. The molecule has 1 aromatic heterocycles. The summed E-state index contributed by atoms with van der Waals surface area (Å²) in [7, 11) is 0. The van der Waals surface area contributed by atoms with Crippen molar-refractivity contribution in [1.29, 1.82) is 0 Å². The third-order valence-electron chi connectivity index (χ3n) is 2.05. The van der Waals surface area contributed by atoms with Crippen molar-refractivity contribution in [3.63, 3.8) is 0 Å². The lowest BCUT2D eigenvalue weighted by molar-refractivity contribution is -0.614. The standard InChI is InChI=1S/C11H8BrN2/c12-8-7-10-6-5-9-3-1-2-4-11(9)14(10)13/h1-6H,13H2/q+1. The summed E-state index contributed by atoms with van der Waals surface area (Å²) < 4.78 is 1.59. The number of rotatable bonds is 0. The molecule has 0 atom stereocenters. The van der Waals surface area contributed by atoms with Crippen LogP contribution < -0.4 is 10.5 Å². The first-order valence-electron chi connectivity index (χ1n) is 4.13. The summed E-state index contributed by atoms with van der Waals surface area (Å²) in [5.74, 6) is 8.77. The van der Waals surface area contributed by atoms with E-state index in [4.69, 9.17) is 5.84 Å². The number of fused-ring (bicyclic) bond motifs is 1. The molecule has 0 bridgehead atoms. The number of pyridine rings is 1. The zero-order chi connectivity index (χ0) is 9.97. The van der Waals surface area contributed by atoms with Crippen LogP contribution in [0.1, 0.15) is 5.69 Å². The minimum atomic E-state index is 0.778. The second-order valence-corrected chi connectivity index (χ2v) is 3.26. The Labute approximate surface area is 90.4 Å². The molecule has 1 heterocycles. The van der Waals surface area contributed by atoms with Crippen molar-refractivity contribution in [1.82, 2.24) is 0 Å². The van der Waals surface area contributed by atoms with Gasteiger partial charge in [0.15, 0.2) is 0 Å². The van der Waals surface area contributed by atoms with Crippen LogP contribution in [0, 0.1) is 10.8 Å². The highest BCUT2D eigenvalue weighted by Gasteiger charge is 2.09. The van der Waals surface area contributed by atoms with E-state index in [-0.39, 0.29) is 0 Å². The van der Waals surface area contributed by atoms with Gasteiger partial charge in [0.2, 0.25) is 5.52 Å². The summed E-state index contributed by atoms with van der Waals surface area (Å²) >= 11 is 3.05. The molecule has 0 aliphatic carbocycles. The van der Waals surface area contributed by atoms with E-state index in [0.29, 0.717) is 0 Å². The van der Waals surface area contributed by atoms with Crippen LogP contribution in [-0.2, 0) is 0 Å². The average molecular weight is 248 g/mol. The van der Waals surface area contributed by atoms with Gasteiger partial charge in [-0.05, 0) is 17.0 Å². The van der Waals surface area contributed by atoms with Crippen LogP contribution in [0.2, 0.25) is 0 Å². The number of hydrogen-bond acceptors (Lipinski definition) is 1. The maximum Gasteiger partial charge on any atom is 0.287 e. The Morgan fingerprint density at radius 2 is 1.93 bits per heavy atom. The zero-order valence-corrected chi connectivity index (χ0v) is 8.95. The number of para-hydroxylation sites is 1. The number of halogens is 1. The first kappa shape index (κ1) is 9.04. The third-order valence-corrected chi connectivity index (χ3v) is 2.25. The highest BCUT2D eigenvalue weighted by Crippen LogP contribution is 2.08. The zero-order valence-electron chi connectivity index (χ0n) is 7.37. The molecule has 0 amide bonds. The monoisotopic (exact) mass is 247 g/mol. The Balaban J connectivity index is 2.79. The molecule has 2 nitrogen and oxygen atoms in total. The van der Waals surface area contributed by atoms with Crippen molar-refractivity contribution < 1.29 is 4.68 Å². The lowest BCUT2D eigenvalue weighted by Gasteiger charge is -1.95. The molecule has 2 rings (SSSR count). The van der Waals surface area contributed by atoms with Gasteiger partial charge in [-0.25, -0.2) is 5.84 Å². The molecule has 2 N–H and O–H groups in total. The van der Waals surface area contributed by atoms with Crippen LogP contribution in [0.25, 0.3) is 10.9 Å². The van der Waals surface area contributed by atoms with E-state index >= 15 is 0 Å². The molecule has 0 fully saturated rings. The van der Waals surface area contributed by atoms with Crippen LogP contribution in [0.3, 0.4) is 0 Å².